The van der Waals surface area contributed by atoms with Crippen LogP contribution in [0, 0.1) is 0 Å². The summed E-state index contributed by atoms with van der Waals surface area (Å²) in [7, 11) is -0.346. The van der Waals surface area contributed by atoms with Crippen molar-refractivity contribution in [1.82, 2.24) is 4.98 Å². The number of pyridine rings is 1. The summed E-state index contributed by atoms with van der Waals surface area (Å²) >= 11 is 0. The average Bonchev–Trinajstić information content (AvgIpc) is 2.81. The van der Waals surface area contributed by atoms with Gasteiger partial charge in [-0.1, -0.05) is 32.0 Å². The van der Waals surface area contributed by atoms with Gasteiger partial charge in [-0.05, 0) is 57.3 Å². The highest BCUT2D eigenvalue weighted by Crippen LogP contribution is 2.36. The Balaban J connectivity index is 1.60. The van der Waals surface area contributed by atoms with Crippen molar-refractivity contribution < 1.29 is 14.0 Å². The molecule has 1 fully saturated rings. The molecule has 1 aromatic carbocycles. The van der Waals surface area contributed by atoms with Gasteiger partial charge in [-0.3, -0.25) is 4.98 Å². The SMILES string of the molecule is CC(C)c1ccc(COc2ccc(B3OC(C)(C)C(C)(C)O3)cc2)cn1. The fraction of sp³-hybridized carbons (Fsp3) is 0.476. The monoisotopic (exact) mass is 353 g/mol. The first-order valence-corrected chi connectivity index (χ1v) is 9.21. The van der Waals surface area contributed by atoms with Crippen LogP contribution in [0.25, 0.3) is 0 Å². The molecule has 0 atom stereocenters. The summed E-state index contributed by atoms with van der Waals surface area (Å²) in [5.74, 6) is 1.26. The molecule has 1 aliphatic rings. The number of hydrogen-bond acceptors (Lipinski definition) is 4. The van der Waals surface area contributed by atoms with E-state index in [1.165, 1.54) is 0 Å². The fourth-order valence-corrected chi connectivity index (χ4v) is 2.73. The van der Waals surface area contributed by atoms with Crippen LogP contribution in [-0.2, 0) is 15.9 Å². The quantitative estimate of drug-likeness (QED) is 0.760. The molecular weight excluding hydrogens is 325 g/mol. The number of hydrogen-bond donors (Lipinski definition) is 0. The van der Waals surface area contributed by atoms with Crippen LogP contribution in [0.4, 0.5) is 0 Å². The second-order valence-corrected chi connectivity index (χ2v) is 8.19. The Bertz CT molecular complexity index is 723. The van der Waals surface area contributed by atoms with Crippen LogP contribution in [0.1, 0.15) is 58.7 Å². The molecule has 4 nitrogen and oxygen atoms in total. The molecule has 1 aromatic heterocycles. The van der Waals surface area contributed by atoms with Crippen molar-refractivity contribution in [3.05, 3.63) is 53.9 Å². The van der Waals surface area contributed by atoms with Crippen molar-refractivity contribution in [2.45, 2.75) is 65.3 Å². The van der Waals surface area contributed by atoms with Crippen molar-refractivity contribution in [2.75, 3.05) is 0 Å². The van der Waals surface area contributed by atoms with Crippen molar-refractivity contribution in [1.29, 1.82) is 0 Å². The summed E-state index contributed by atoms with van der Waals surface area (Å²) in [6.07, 6.45) is 1.88. The molecule has 0 unspecified atom stereocenters. The second-order valence-electron chi connectivity index (χ2n) is 8.19. The third-order valence-corrected chi connectivity index (χ3v) is 5.25. The number of aromatic nitrogens is 1. The fourth-order valence-electron chi connectivity index (χ4n) is 2.73. The van der Waals surface area contributed by atoms with E-state index in [1.807, 2.05) is 30.5 Å². The van der Waals surface area contributed by atoms with Crippen molar-refractivity contribution in [2.24, 2.45) is 0 Å². The smallest absolute Gasteiger partial charge is 0.489 e. The molecule has 0 aliphatic carbocycles. The van der Waals surface area contributed by atoms with Crippen LogP contribution in [0.15, 0.2) is 42.6 Å². The van der Waals surface area contributed by atoms with Gasteiger partial charge in [-0.2, -0.15) is 0 Å². The van der Waals surface area contributed by atoms with Crippen LogP contribution >= 0.6 is 0 Å². The minimum absolute atomic E-state index is 0.331. The largest absolute Gasteiger partial charge is 0.494 e. The second kappa shape index (κ2) is 7.05. The Morgan fingerprint density at radius 3 is 2.08 bits per heavy atom. The van der Waals surface area contributed by atoms with E-state index in [2.05, 4.69) is 58.7 Å². The third kappa shape index (κ3) is 3.94. The Labute approximate surface area is 157 Å². The predicted octanol–water partition coefficient (Wildman–Crippen LogP) is 4.08. The van der Waals surface area contributed by atoms with E-state index in [-0.39, 0.29) is 18.3 Å². The molecule has 0 saturated carbocycles. The average molecular weight is 353 g/mol. The number of ether oxygens (including phenoxy) is 1. The molecule has 0 bridgehead atoms. The molecule has 0 N–H and O–H groups in total. The minimum atomic E-state index is -0.346. The molecule has 26 heavy (non-hydrogen) atoms. The van der Waals surface area contributed by atoms with Crippen molar-refractivity contribution in [3.63, 3.8) is 0 Å². The lowest BCUT2D eigenvalue weighted by Gasteiger charge is -2.32. The Hall–Kier alpha value is -1.85. The molecule has 1 saturated heterocycles. The van der Waals surface area contributed by atoms with E-state index in [9.17, 15) is 0 Å². The molecule has 5 heteroatoms. The molecular formula is C21H28BNO3. The zero-order valence-corrected chi connectivity index (χ0v) is 16.6. The number of rotatable bonds is 5. The lowest BCUT2D eigenvalue weighted by atomic mass is 9.79. The summed E-state index contributed by atoms with van der Waals surface area (Å²) in [6, 6.07) is 12.0. The first-order chi connectivity index (χ1) is 12.2. The molecule has 138 valence electrons. The predicted molar refractivity (Wildman–Crippen MR) is 105 cm³/mol. The van der Waals surface area contributed by atoms with E-state index in [1.54, 1.807) is 0 Å². The number of benzene rings is 1. The van der Waals surface area contributed by atoms with Gasteiger partial charge in [0.1, 0.15) is 12.4 Å². The molecule has 0 spiro atoms. The van der Waals surface area contributed by atoms with E-state index < -0.39 is 0 Å². The molecule has 3 rings (SSSR count). The van der Waals surface area contributed by atoms with Crippen LogP contribution in [0.5, 0.6) is 5.75 Å². The normalized spacial score (nSPS) is 18.3. The van der Waals surface area contributed by atoms with Gasteiger partial charge >= 0.3 is 7.12 Å². The highest BCUT2D eigenvalue weighted by molar-refractivity contribution is 6.62. The first-order valence-electron chi connectivity index (χ1n) is 9.21. The molecule has 2 heterocycles. The Morgan fingerprint density at radius 2 is 1.58 bits per heavy atom. The Kier molecular flexibility index (Phi) is 5.13. The zero-order valence-electron chi connectivity index (χ0n) is 16.6. The summed E-state index contributed by atoms with van der Waals surface area (Å²) < 4.78 is 18.0. The van der Waals surface area contributed by atoms with Crippen molar-refractivity contribution >= 4 is 12.6 Å². The third-order valence-electron chi connectivity index (χ3n) is 5.25. The van der Waals surface area contributed by atoms with Gasteiger partial charge in [0.2, 0.25) is 0 Å². The van der Waals surface area contributed by atoms with Gasteiger partial charge < -0.3 is 14.0 Å². The van der Waals surface area contributed by atoms with E-state index in [0.717, 1.165) is 22.5 Å². The molecule has 0 radical (unpaired) electrons. The lowest BCUT2D eigenvalue weighted by Crippen LogP contribution is -2.41. The van der Waals surface area contributed by atoms with E-state index >= 15 is 0 Å². The van der Waals surface area contributed by atoms with Gasteiger partial charge in [-0.25, -0.2) is 0 Å². The maximum atomic E-state index is 6.08. The van der Waals surface area contributed by atoms with Gasteiger partial charge in [0.15, 0.2) is 0 Å². The summed E-state index contributed by atoms with van der Waals surface area (Å²) in [6.45, 7) is 13.0. The zero-order chi connectivity index (χ0) is 18.9. The van der Waals surface area contributed by atoms with Gasteiger partial charge in [0.25, 0.3) is 0 Å². The standard InChI is InChI=1S/C21H28BNO3/c1-15(2)19-12-7-16(13-23-19)14-24-18-10-8-17(9-11-18)22-25-20(3,4)21(5,6)26-22/h7-13,15H,14H2,1-6H3. The molecule has 1 aliphatic heterocycles. The summed E-state index contributed by atoms with van der Waals surface area (Å²) in [5, 5.41) is 0. The maximum absolute atomic E-state index is 6.08. The van der Waals surface area contributed by atoms with E-state index in [0.29, 0.717) is 12.5 Å². The highest BCUT2D eigenvalue weighted by Gasteiger charge is 2.51. The van der Waals surface area contributed by atoms with E-state index in [4.69, 9.17) is 14.0 Å². The summed E-state index contributed by atoms with van der Waals surface area (Å²) in [4.78, 5) is 4.47. The topological polar surface area (TPSA) is 40.6 Å². The lowest BCUT2D eigenvalue weighted by molar-refractivity contribution is 0.00578. The Morgan fingerprint density at radius 1 is 0.962 bits per heavy atom. The van der Waals surface area contributed by atoms with Crippen molar-refractivity contribution in [3.8, 4) is 5.75 Å². The summed E-state index contributed by atoms with van der Waals surface area (Å²) in [5.41, 5.74) is 2.49. The number of nitrogens with zero attached hydrogens (tertiary/aromatic N) is 1. The first kappa shape index (κ1) is 18.9. The van der Waals surface area contributed by atoms with Crippen LogP contribution in [0.2, 0.25) is 0 Å². The van der Waals surface area contributed by atoms with Gasteiger partial charge in [0, 0.05) is 17.5 Å². The van der Waals surface area contributed by atoms with Crippen LogP contribution in [0.3, 0.4) is 0 Å². The maximum Gasteiger partial charge on any atom is 0.494 e. The van der Waals surface area contributed by atoms with Gasteiger partial charge in [0.05, 0.1) is 11.2 Å². The minimum Gasteiger partial charge on any atom is -0.489 e. The molecule has 0 amide bonds. The van der Waals surface area contributed by atoms with Crippen LogP contribution in [-0.4, -0.2) is 23.3 Å². The van der Waals surface area contributed by atoms with Gasteiger partial charge in [-0.15, -0.1) is 0 Å². The van der Waals surface area contributed by atoms with Crippen LogP contribution < -0.4 is 10.2 Å². The molecule has 2 aromatic rings. The highest BCUT2D eigenvalue weighted by atomic mass is 16.7.